The Labute approximate surface area is 186 Å². The molecule has 2 aromatic carbocycles. The highest BCUT2D eigenvalue weighted by atomic mass is 16.4. The van der Waals surface area contributed by atoms with Crippen LogP contribution in [0.4, 0.5) is 0 Å². The van der Waals surface area contributed by atoms with Crippen LogP contribution in [0.1, 0.15) is 5.56 Å². The Morgan fingerprint density at radius 3 is 2.66 bits per heavy atom. The first kappa shape index (κ1) is 20.3. The zero-order valence-corrected chi connectivity index (χ0v) is 18.0. The van der Waals surface area contributed by atoms with Gasteiger partial charge in [-0.3, -0.25) is 9.88 Å². The highest BCUT2D eigenvalue weighted by molar-refractivity contribution is 5.85. The van der Waals surface area contributed by atoms with Gasteiger partial charge in [0.05, 0.1) is 6.54 Å². The van der Waals surface area contributed by atoms with E-state index in [1.54, 1.807) is 6.07 Å². The van der Waals surface area contributed by atoms with Crippen LogP contribution in [0.25, 0.3) is 33.2 Å². The van der Waals surface area contributed by atoms with E-state index in [4.69, 9.17) is 4.42 Å². The van der Waals surface area contributed by atoms with Crippen molar-refractivity contribution in [1.82, 2.24) is 14.8 Å². The average Bonchev–Trinajstić information content (AvgIpc) is 2.84. The lowest BCUT2D eigenvalue weighted by molar-refractivity contribution is 0.168. The van der Waals surface area contributed by atoms with Crippen molar-refractivity contribution >= 4 is 21.7 Å². The third kappa shape index (κ3) is 4.22. The zero-order chi connectivity index (χ0) is 21.9. The quantitative estimate of drug-likeness (QED) is 0.303. The smallest absolute Gasteiger partial charge is 0.155 e. The van der Waals surface area contributed by atoms with Gasteiger partial charge >= 0.3 is 0 Å². The van der Waals surface area contributed by atoms with Crippen molar-refractivity contribution in [1.29, 1.82) is 0 Å². The highest BCUT2D eigenvalue weighted by Gasteiger charge is 2.12. The summed E-state index contributed by atoms with van der Waals surface area (Å²) in [5.74, 6) is 7.06. The van der Waals surface area contributed by atoms with E-state index in [2.05, 4.69) is 38.8 Å². The van der Waals surface area contributed by atoms with Crippen molar-refractivity contribution in [2.24, 2.45) is 5.16 Å². The molecule has 4 aromatic rings. The number of nitrogens with zero attached hydrogens (tertiary/aromatic N) is 4. The number of hydrogen-bond donors (Lipinski definition) is 1. The fourth-order valence-corrected chi connectivity index (χ4v) is 3.93. The summed E-state index contributed by atoms with van der Waals surface area (Å²) in [6.45, 7) is 5.00. The number of rotatable bonds is 2. The van der Waals surface area contributed by atoms with Crippen LogP contribution in [0, 0.1) is 11.8 Å². The molecule has 1 aliphatic rings. The molecule has 1 saturated heterocycles. The molecule has 0 unspecified atom stereocenters. The molecule has 6 heteroatoms. The zero-order valence-electron chi connectivity index (χ0n) is 18.0. The molecule has 0 amide bonds. The monoisotopic (exact) mass is 424 g/mol. The highest BCUT2D eigenvalue weighted by Crippen LogP contribution is 2.24. The summed E-state index contributed by atoms with van der Waals surface area (Å²) in [6, 6.07) is 17.4. The second kappa shape index (κ2) is 8.83. The van der Waals surface area contributed by atoms with E-state index in [1.807, 2.05) is 54.7 Å². The van der Waals surface area contributed by atoms with Crippen LogP contribution in [0.15, 0.2) is 70.4 Å². The predicted molar refractivity (Wildman–Crippen MR) is 125 cm³/mol. The van der Waals surface area contributed by atoms with Crippen molar-refractivity contribution in [2.75, 3.05) is 39.8 Å². The van der Waals surface area contributed by atoms with Crippen molar-refractivity contribution < 1.29 is 9.62 Å². The lowest BCUT2D eigenvalue weighted by Crippen LogP contribution is -2.44. The number of aromatic nitrogens is 1. The molecule has 1 aliphatic heterocycles. The van der Waals surface area contributed by atoms with E-state index in [9.17, 15) is 5.21 Å². The van der Waals surface area contributed by atoms with Crippen LogP contribution >= 0.6 is 0 Å². The van der Waals surface area contributed by atoms with Crippen molar-refractivity contribution in [3.8, 4) is 23.3 Å². The Morgan fingerprint density at radius 1 is 1.03 bits per heavy atom. The molecule has 160 valence electrons. The van der Waals surface area contributed by atoms with Gasteiger partial charge in [-0.2, -0.15) is 0 Å². The van der Waals surface area contributed by atoms with Gasteiger partial charge in [-0.1, -0.05) is 41.3 Å². The Morgan fingerprint density at radius 2 is 1.84 bits per heavy atom. The van der Waals surface area contributed by atoms with E-state index in [0.29, 0.717) is 22.4 Å². The lowest BCUT2D eigenvalue weighted by Gasteiger charge is -2.30. The molecule has 1 N–H and O–H groups in total. The number of piperazine rings is 1. The molecule has 0 bridgehead atoms. The van der Waals surface area contributed by atoms with Crippen LogP contribution in [-0.2, 0) is 0 Å². The number of pyridine rings is 1. The standard InChI is InChI=1S/C26H24N4O2/c1-29-11-13-30(14-12-29)10-4-5-19-8-9-22-23(28-31)17-26(32-25(22)15-19)24-16-20-6-2-3-7-21(20)18-27-24/h2-3,6-9,15-18,31H,10-14H2,1H3. The number of fused-ring (bicyclic) bond motifs is 2. The van der Waals surface area contributed by atoms with Crippen LogP contribution in [-0.4, -0.2) is 59.8 Å². The molecule has 5 rings (SSSR count). The van der Waals surface area contributed by atoms with Crippen molar-refractivity contribution in [2.45, 2.75) is 0 Å². The molecule has 0 aliphatic carbocycles. The number of hydrogen-bond acceptors (Lipinski definition) is 6. The molecule has 1 fully saturated rings. The molecule has 32 heavy (non-hydrogen) atoms. The van der Waals surface area contributed by atoms with E-state index in [1.165, 1.54) is 0 Å². The summed E-state index contributed by atoms with van der Waals surface area (Å²) < 4.78 is 6.17. The van der Waals surface area contributed by atoms with Gasteiger partial charge < -0.3 is 14.5 Å². The first-order valence-electron chi connectivity index (χ1n) is 10.7. The number of benzene rings is 2. The fraction of sp³-hybridized carbons (Fsp3) is 0.231. The lowest BCUT2D eigenvalue weighted by atomic mass is 10.1. The minimum atomic E-state index is 0.438. The average molecular weight is 425 g/mol. The third-order valence-corrected chi connectivity index (χ3v) is 5.87. The second-order valence-electron chi connectivity index (χ2n) is 8.10. The van der Waals surface area contributed by atoms with E-state index >= 15 is 0 Å². The van der Waals surface area contributed by atoms with Gasteiger partial charge in [0.2, 0.25) is 0 Å². The maximum Gasteiger partial charge on any atom is 0.155 e. The van der Waals surface area contributed by atoms with Gasteiger partial charge in [0.25, 0.3) is 0 Å². The minimum absolute atomic E-state index is 0.438. The van der Waals surface area contributed by atoms with Crippen LogP contribution in [0.2, 0.25) is 0 Å². The molecule has 2 aromatic heterocycles. The minimum Gasteiger partial charge on any atom is -0.454 e. The van der Waals surface area contributed by atoms with Gasteiger partial charge in [-0.05, 0) is 36.7 Å². The fourth-order valence-electron chi connectivity index (χ4n) is 3.93. The van der Waals surface area contributed by atoms with Gasteiger partial charge in [-0.25, -0.2) is 0 Å². The van der Waals surface area contributed by atoms with Crippen molar-refractivity contribution in [3.63, 3.8) is 0 Å². The number of likely N-dealkylation sites (N-methyl/N-ethyl adjacent to an activating group) is 1. The van der Waals surface area contributed by atoms with E-state index in [-0.39, 0.29) is 0 Å². The summed E-state index contributed by atoms with van der Waals surface area (Å²) in [5, 5.41) is 16.3. The summed E-state index contributed by atoms with van der Waals surface area (Å²) in [5.41, 5.74) is 2.15. The molecule has 3 heterocycles. The molecular formula is C26H24N4O2. The van der Waals surface area contributed by atoms with E-state index < -0.39 is 0 Å². The normalized spacial score (nSPS) is 15.7. The maximum absolute atomic E-state index is 9.58. The topological polar surface area (TPSA) is 65.1 Å². The van der Waals surface area contributed by atoms with Gasteiger partial charge in [0.15, 0.2) is 5.76 Å². The summed E-state index contributed by atoms with van der Waals surface area (Å²) >= 11 is 0. The Kier molecular flexibility index (Phi) is 5.59. The third-order valence-electron chi connectivity index (χ3n) is 5.87. The summed E-state index contributed by atoms with van der Waals surface area (Å²) in [6.07, 6.45) is 1.82. The Bertz CT molecular complexity index is 1410. The first-order chi connectivity index (χ1) is 15.7. The largest absolute Gasteiger partial charge is 0.454 e. The van der Waals surface area contributed by atoms with E-state index in [0.717, 1.165) is 54.4 Å². The Hall–Kier alpha value is -3.66. The summed E-state index contributed by atoms with van der Waals surface area (Å²) in [4.78, 5) is 9.23. The molecule has 0 saturated carbocycles. The van der Waals surface area contributed by atoms with Gasteiger partial charge in [-0.15, -0.1) is 0 Å². The molecule has 0 atom stereocenters. The SMILES string of the molecule is CN1CCN(CC#Cc2ccc3c(=NO)cc(-c4cc5ccccc5cn4)oc3c2)CC1. The van der Waals surface area contributed by atoms with Crippen molar-refractivity contribution in [3.05, 3.63) is 71.7 Å². The van der Waals surface area contributed by atoms with Crippen LogP contribution in [0.5, 0.6) is 0 Å². The second-order valence-corrected chi connectivity index (χ2v) is 8.10. The Balaban J connectivity index is 1.47. The van der Waals surface area contributed by atoms with Crippen LogP contribution < -0.4 is 5.36 Å². The molecule has 0 spiro atoms. The van der Waals surface area contributed by atoms with Crippen LogP contribution in [0.3, 0.4) is 0 Å². The molecular weight excluding hydrogens is 400 g/mol. The van der Waals surface area contributed by atoms with Gasteiger partial charge in [0, 0.05) is 54.8 Å². The molecule has 0 radical (unpaired) electrons. The predicted octanol–water partition coefficient (Wildman–Crippen LogP) is 3.54. The van der Waals surface area contributed by atoms with Gasteiger partial charge in [0.1, 0.15) is 16.6 Å². The first-order valence-corrected chi connectivity index (χ1v) is 10.7. The maximum atomic E-state index is 9.58. The summed E-state index contributed by atoms with van der Waals surface area (Å²) in [7, 11) is 2.15. The molecule has 6 nitrogen and oxygen atoms in total.